The molecule has 4 rings (SSSR count). The molecule has 0 saturated carbocycles. The number of pyridine rings is 1. The van der Waals surface area contributed by atoms with Crippen LogP contribution >= 0.6 is 11.8 Å². The van der Waals surface area contributed by atoms with Crippen molar-refractivity contribution < 1.29 is 9.59 Å². The number of nitrogens with zero attached hydrogens (tertiary/aromatic N) is 3. The van der Waals surface area contributed by atoms with Crippen LogP contribution in [-0.4, -0.2) is 32.1 Å². The van der Waals surface area contributed by atoms with Crippen molar-refractivity contribution in [1.82, 2.24) is 14.5 Å². The van der Waals surface area contributed by atoms with Gasteiger partial charge in [0.05, 0.1) is 17.6 Å². The summed E-state index contributed by atoms with van der Waals surface area (Å²) in [5, 5.41) is 5.68. The molecular weight excluding hydrogens is 362 g/mol. The van der Waals surface area contributed by atoms with Gasteiger partial charge in [-0.05, 0) is 37.3 Å². The van der Waals surface area contributed by atoms with Crippen LogP contribution in [-0.2, 0) is 4.79 Å². The number of rotatable bonds is 3. The van der Waals surface area contributed by atoms with Crippen molar-refractivity contribution in [2.75, 3.05) is 16.4 Å². The molecular formula is C19H17N5O2S. The number of nitrogens with one attached hydrogen (secondary N) is 2. The highest BCUT2D eigenvalue weighted by Crippen LogP contribution is 2.31. The van der Waals surface area contributed by atoms with Gasteiger partial charge in [0.25, 0.3) is 5.91 Å². The molecule has 1 aromatic carbocycles. The smallest absolute Gasteiger partial charge is 0.255 e. The molecule has 0 radical (unpaired) electrons. The van der Waals surface area contributed by atoms with E-state index in [0.717, 1.165) is 22.3 Å². The van der Waals surface area contributed by atoms with Gasteiger partial charge < -0.3 is 10.6 Å². The number of imidazole rings is 1. The summed E-state index contributed by atoms with van der Waals surface area (Å²) in [4.78, 5) is 33.8. The molecule has 1 aliphatic rings. The van der Waals surface area contributed by atoms with Gasteiger partial charge in [0.15, 0.2) is 0 Å². The topological polar surface area (TPSA) is 88.9 Å². The lowest BCUT2D eigenvalue weighted by atomic mass is 10.1. The highest BCUT2D eigenvalue weighted by molar-refractivity contribution is 7.99. The Morgan fingerprint density at radius 2 is 2.15 bits per heavy atom. The van der Waals surface area contributed by atoms with Crippen LogP contribution in [0.15, 0.2) is 53.8 Å². The summed E-state index contributed by atoms with van der Waals surface area (Å²) in [6.45, 7) is 1.90. The van der Waals surface area contributed by atoms with Gasteiger partial charge in [-0.15, -0.1) is 11.8 Å². The van der Waals surface area contributed by atoms with Crippen molar-refractivity contribution in [3.05, 3.63) is 60.3 Å². The van der Waals surface area contributed by atoms with Gasteiger partial charge in [-0.25, -0.2) is 9.97 Å². The minimum atomic E-state index is -0.255. The van der Waals surface area contributed by atoms with E-state index in [1.807, 2.05) is 29.8 Å². The molecule has 0 fully saturated rings. The van der Waals surface area contributed by atoms with Crippen LogP contribution in [0.25, 0.3) is 5.82 Å². The summed E-state index contributed by atoms with van der Waals surface area (Å²) in [7, 11) is 0. The molecule has 27 heavy (non-hydrogen) atoms. The molecule has 3 aromatic rings. The Balaban J connectivity index is 1.51. The van der Waals surface area contributed by atoms with Gasteiger partial charge in [-0.1, -0.05) is 0 Å². The van der Waals surface area contributed by atoms with E-state index in [0.29, 0.717) is 23.4 Å². The number of benzene rings is 1. The minimum Gasteiger partial charge on any atom is -0.325 e. The molecule has 2 N–H and O–H groups in total. The maximum atomic E-state index is 12.6. The Labute approximate surface area is 160 Å². The molecule has 0 aliphatic carbocycles. The summed E-state index contributed by atoms with van der Waals surface area (Å²) >= 11 is 1.61. The number of thioether (sulfide) groups is 1. The average molecular weight is 379 g/mol. The highest BCUT2D eigenvalue weighted by Gasteiger charge is 2.16. The first kappa shape index (κ1) is 17.3. The van der Waals surface area contributed by atoms with Crippen molar-refractivity contribution in [3.63, 3.8) is 0 Å². The third-order valence-electron chi connectivity index (χ3n) is 4.18. The van der Waals surface area contributed by atoms with Crippen LogP contribution in [0.4, 0.5) is 11.4 Å². The van der Waals surface area contributed by atoms with E-state index in [1.165, 1.54) is 0 Å². The molecule has 0 atom stereocenters. The zero-order chi connectivity index (χ0) is 18.8. The quantitative estimate of drug-likeness (QED) is 0.729. The van der Waals surface area contributed by atoms with Gasteiger partial charge in [0.1, 0.15) is 11.6 Å². The van der Waals surface area contributed by atoms with Crippen molar-refractivity contribution in [1.29, 1.82) is 0 Å². The van der Waals surface area contributed by atoms with E-state index in [4.69, 9.17) is 0 Å². The van der Waals surface area contributed by atoms with Crippen molar-refractivity contribution in [2.24, 2.45) is 0 Å². The number of anilines is 2. The second-order valence-corrected chi connectivity index (χ2v) is 7.20. The van der Waals surface area contributed by atoms with Crippen molar-refractivity contribution in [3.8, 4) is 5.82 Å². The Hall–Kier alpha value is -3.13. The lowest BCUT2D eigenvalue weighted by molar-refractivity contribution is -0.115. The molecule has 2 aromatic heterocycles. The standard InChI is InChI=1S/C19H17N5O2S/c1-12-20-7-8-24(12)17-5-3-14(11-21-17)22-19(26)13-2-4-16-15(10-13)23-18(25)6-9-27-16/h2-5,7-8,10-11H,6,9H2,1H3,(H,22,26)(H,23,25). The van der Waals surface area contributed by atoms with Crippen LogP contribution < -0.4 is 10.6 Å². The molecule has 0 bridgehead atoms. The molecule has 0 unspecified atom stereocenters. The maximum Gasteiger partial charge on any atom is 0.255 e. The van der Waals surface area contributed by atoms with E-state index >= 15 is 0 Å². The van der Waals surface area contributed by atoms with Gasteiger partial charge in [-0.3, -0.25) is 14.2 Å². The number of hydrogen-bond donors (Lipinski definition) is 2. The monoisotopic (exact) mass is 379 g/mol. The third kappa shape index (κ3) is 3.70. The molecule has 7 nitrogen and oxygen atoms in total. The normalized spacial score (nSPS) is 13.4. The van der Waals surface area contributed by atoms with E-state index < -0.39 is 0 Å². The molecule has 0 spiro atoms. The Bertz CT molecular complexity index is 1010. The number of aryl methyl sites for hydroxylation is 1. The van der Waals surface area contributed by atoms with Crippen LogP contribution in [0.2, 0.25) is 0 Å². The second kappa shape index (κ2) is 7.24. The number of aromatic nitrogens is 3. The predicted octanol–water partition coefficient (Wildman–Crippen LogP) is 3.26. The van der Waals surface area contributed by atoms with E-state index in [-0.39, 0.29) is 11.8 Å². The minimum absolute atomic E-state index is 0.0339. The summed E-state index contributed by atoms with van der Waals surface area (Å²) in [5.41, 5.74) is 1.75. The van der Waals surface area contributed by atoms with Gasteiger partial charge in [-0.2, -0.15) is 0 Å². The Morgan fingerprint density at radius 1 is 1.26 bits per heavy atom. The molecule has 2 amide bonds. The SMILES string of the molecule is Cc1nccn1-c1ccc(NC(=O)c2ccc3c(c2)NC(=O)CCS3)cn1. The first-order valence-electron chi connectivity index (χ1n) is 8.44. The Kier molecular flexibility index (Phi) is 4.64. The molecule has 3 heterocycles. The summed E-state index contributed by atoms with van der Waals surface area (Å²) in [6.07, 6.45) is 5.61. The second-order valence-electron chi connectivity index (χ2n) is 6.06. The van der Waals surface area contributed by atoms with E-state index in [9.17, 15) is 9.59 Å². The Morgan fingerprint density at radius 3 is 2.89 bits per heavy atom. The zero-order valence-electron chi connectivity index (χ0n) is 14.6. The fourth-order valence-corrected chi connectivity index (χ4v) is 3.72. The van der Waals surface area contributed by atoms with Crippen LogP contribution in [0.3, 0.4) is 0 Å². The fourth-order valence-electron chi connectivity index (χ4n) is 2.79. The maximum absolute atomic E-state index is 12.6. The van der Waals surface area contributed by atoms with Crippen molar-refractivity contribution >= 4 is 35.0 Å². The van der Waals surface area contributed by atoms with Gasteiger partial charge in [0, 0.05) is 35.0 Å². The zero-order valence-corrected chi connectivity index (χ0v) is 15.4. The third-order valence-corrected chi connectivity index (χ3v) is 5.26. The predicted molar refractivity (Wildman–Crippen MR) is 104 cm³/mol. The van der Waals surface area contributed by atoms with Gasteiger partial charge >= 0.3 is 0 Å². The molecule has 136 valence electrons. The fraction of sp³-hybridized carbons (Fsp3) is 0.158. The number of carbonyl (C=O) groups excluding carboxylic acids is 2. The molecule has 0 saturated heterocycles. The highest BCUT2D eigenvalue weighted by atomic mass is 32.2. The van der Waals surface area contributed by atoms with Crippen LogP contribution in [0.1, 0.15) is 22.6 Å². The number of fused-ring (bicyclic) bond motifs is 1. The number of hydrogen-bond acceptors (Lipinski definition) is 5. The van der Waals surface area contributed by atoms with Crippen LogP contribution in [0.5, 0.6) is 0 Å². The largest absolute Gasteiger partial charge is 0.325 e. The summed E-state index contributed by atoms with van der Waals surface area (Å²) in [6, 6.07) is 8.94. The molecule has 1 aliphatic heterocycles. The first-order valence-corrected chi connectivity index (χ1v) is 9.43. The van der Waals surface area contributed by atoms with Crippen molar-refractivity contribution in [2.45, 2.75) is 18.2 Å². The van der Waals surface area contributed by atoms with Gasteiger partial charge in [0.2, 0.25) is 5.91 Å². The number of amides is 2. The van der Waals surface area contributed by atoms with E-state index in [2.05, 4.69) is 20.6 Å². The summed E-state index contributed by atoms with van der Waals surface area (Å²) < 4.78 is 1.86. The number of carbonyl (C=O) groups is 2. The lowest BCUT2D eigenvalue weighted by Crippen LogP contribution is -2.14. The lowest BCUT2D eigenvalue weighted by Gasteiger charge is -2.10. The van der Waals surface area contributed by atoms with Crippen LogP contribution in [0, 0.1) is 6.92 Å². The van der Waals surface area contributed by atoms with E-state index in [1.54, 1.807) is 42.4 Å². The summed E-state index contributed by atoms with van der Waals surface area (Å²) in [5.74, 6) is 2.01. The first-order chi connectivity index (χ1) is 13.1. The molecule has 8 heteroatoms. The average Bonchev–Trinajstić information content (AvgIpc) is 3.00.